The fourth-order valence-electron chi connectivity index (χ4n) is 2.76. The van der Waals surface area contributed by atoms with E-state index in [1.54, 1.807) is 6.08 Å². The van der Waals surface area contributed by atoms with Crippen molar-refractivity contribution < 1.29 is 23.5 Å². The first kappa shape index (κ1) is 17.8. The van der Waals surface area contributed by atoms with Crippen molar-refractivity contribution in [2.75, 3.05) is 13.2 Å². The molecule has 0 fully saturated rings. The monoisotopic (exact) mass is 378 g/mol. The molecule has 0 bridgehead atoms. The molecule has 1 aliphatic rings. The van der Waals surface area contributed by atoms with Crippen LogP contribution in [0, 0.1) is 6.92 Å². The van der Waals surface area contributed by atoms with E-state index in [4.69, 9.17) is 18.7 Å². The molecule has 0 saturated carbocycles. The van der Waals surface area contributed by atoms with Crippen LogP contribution < -0.4 is 9.47 Å². The van der Waals surface area contributed by atoms with Gasteiger partial charge in [0, 0.05) is 11.6 Å². The number of carbonyl (C=O) groups is 1. The van der Waals surface area contributed by atoms with E-state index in [9.17, 15) is 4.79 Å². The van der Waals surface area contributed by atoms with E-state index >= 15 is 0 Å². The highest BCUT2D eigenvalue weighted by Crippen LogP contribution is 2.31. The second-order valence-electron chi connectivity index (χ2n) is 6.17. The van der Waals surface area contributed by atoms with E-state index in [2.05, 4.69) is 10.1 Å². The van der Waals surface area contributed by atoms with Crippen molar-refractivity contribution >= 4 is 12.0 Å². The lowest BCUT2D eigenvalue weighted by Gasteiger charge is -2.18. The molecular formula is C21H18N2O5. The van der Waals surface area contributed by atoms with Crippen molar-refractivity contribution in [2.24, 2.45) is 0 Å². The summed E-state index contributed by atoms with van der Waals surface area (Å²) in [5.74, 6) is 1.56. The Bertz CT molecular complexity index is 1030. The summed E-state index contributed by atoms with van der Waals surface area (Å²) in [7, 11) is 0. The van der Waals surface area contributed by atoms with Gasteiger partial charge in [-0.1, -0.05) is 35.5 Å². The highest BCUT2D eigenvalue weighted by atomic mass is 16.6. The van der Waals surface area contributed by atoms with Gasteiger partial charge in [0.05, 0.1) is 0 Å². The Balaban J connectivity index is 1.35. The van der Waals surface area contributed by atoms with Gasteiger partial charge in [-0.2, -0.15) is 4.98 Å². The van der Waals surface area contributed by atoms with Crippen molar-refractivity contribution in [3.05, 3.63) is 65.6 Å². The quantitative estimate of drug-likeness (QED) is 0.496. The van der Waals surface area contributed by atoms with Crippen LogP contribution in [-0.2, 0) is 16.1 Å². The van der Waals surface area contributed by atoms with E-state index in [0.717, 1.165) is 16.7 Å². The van der Waals surface area contributed by atoms with Gasteiger partial charge in [-0.15, -0.1) is 0 Å². The molecule has 2 heterocycles. The zero-order valence-corrected chi connectivity index (χ0v) is 15.3. The molecule has 0 aliphatic carbocycles. The normalized spacial score (nSPS) is 12.9. The van der Waals surface area contributed by atoms with Crippen LogP contribution in [0.4, 0.5) is 0 Å². The highest BCUT2D eigenvalue weighted by molar-refractivity contribution is 5.87. The van der Waals surface area contributed by atoms with E-state index < -0.39 is 5.97 Å². The molecule has 0 amide bonds. The largest absolute Gasteiger partial charge is 0.486 e. The van der Waals surface area contributed by atoms with Crippen molar-refractivity contribution in [1.29, 1.82) is 0 Å². The lowest BCUT2D eigenvalue weighted by molar-refractivity contribution is -0.139. The molecule has 142 valence electrons. The number of aromatic nitrogens is 2. The van der Waals surface area contributed by atoms with E-state index in [0.29, 0.717) is 30.5 Å². The van der Waals surface area contributed by atoms with Crippen molar-refractivity contribution in [3.8, 4) is 22.9 Å². The lowest BCUT2D eigenvalue weighted by Crippen LogP contribution is -2.15. The Hall–Kier alpha value is -3.61. The lowest BCUT2D eigenvalue weighted by atomic mass is 10.1. The molecule has 4 rings (SSSR count). The van der Waals surface area contributed by atoms with Gasteiger partial charge in [0.15, 0.2) is 18.1 Å². The van der Waals surface area contributed by atoms with Gasteiger partial charge in [-0.25, -0.2) is 4.79 Å². The Morgan fingerprint density at radius 2 is 1.96 bits per heavy atom. The van der Waals surface area contributed by atoms with E-state index in [-0.39, 0.29) is 12.5 Å². The molecule has 0 radical (unpaired) electrons. The molecule has 0 unspecified atom stereocenters. The second-order valence-corrected chi connectivity index (χ2v) is 6.17. The molecule has 0 atom stereocenters. The summed E-state index contributed by atoms with van der Waals surface area (Å²) in [5, 5.41) is 3.94. The fraction of sp³-hybridized carbons (Fsp3) is 0.190. The first-order valence-corrected chi connectivity index (χ1v) is 8.82. The number of carbonyl (C=O) groups excluding carboxylic acids is 1. The first-order valence-electron chi connectivity index (χ1n) is 8.82. The summed E-state index contributed by atoms with van der Waals surface area (Å²) in [6, 6.07) is 13.2. The number of rotatable bonds is 5. The second kappa shape index (κ2) is 7.96. The van der Waals surface area contributed by atoms with Gasteiger partial charge in [0.25, 0.3) is 5.89 Å². The van der Waals surface area contributed by atoms with Crippen molar-refractivity contribution in [1.82, 2.24) is 10.1 Å². The number of ether oxygens (including phenoxy) is 3. The highest BCUT2D eigenvalue weighted by Gasteiger charge is 2.13. The average Bonchev–Trinajstić information content (AvgIpc) is 3.19. The molecule has 0 spiro atoms. The standard InChI is InChI=1S/C21H18N2O5/c1-14-4-2-3-5-16(14)21-22-19(28-23-21)13-27-20(24)9-7-15-6-8-17-18(12-15)26-11-10-25-17/h2-9,12H,10-11,13H2,1H3/b9-7+. The van der Waals surface area contributed by atoms with Crippen LogP contribution in [0.5, 0.6) is 11.5 Å². The van der Waals surface area contributed by atoms with E-state index in [1.165, 1.54) is 6.08 Å². The molecule has 1 aromatic heterocycles. The van der Waals surface area contributed by atoms with Gasteiger partial charge < -0.3 is 18.7 Å². The summed E-state index contributed by atoms with van der Waals surface area (Å²) in [6.07, 6.45) is 2.98. The average molecular weight is 378 g/mol. The maximum Gasteiger partial charge on any atom is 0.331 e. The maximum atomic E-state index is 12.0. The Labute approximate surface area is 161 Å². The molecular weight excluding hydrogens is 360 g/mol. The van der Waals surface area contributed by atoms with Gasteiger partial charge in [0.1, 0.15) is 13.2 Å². The molecule has 28 heavy (non-hydrogen) atoms. The Kier molecular flexibility index (Phi) is 5.05. The molecule has 0 N–H and O–H groups in total. The van der Waals surface area contributed by atoms with Crippen LogP contribution in [0.3, 0.4) is 0 Å². The molecule has 2 aromatic carbocycles. The summed E-state index contributed by atoms with van der Waals surface area (Å²) >= 11 is 0. The number of hydrogen-bond acceptors (Lipinski definition) is 7. The Morgan fingerprint density at radius 3 is 2.82 bits per heavy atom. The minimum atomic E-state index is -0.509. The summed E-state index contributed by atoms with van der Waals surface area (Å²) in [5.41, 5.74) is 2.72. The van der Waals surface area contributed by atoms with Gasteiger partial charge >= 0.3 is 5.97 Å². The third-order valence-corrected chi connectivity index (χ3v) is 4.17. The number of hydrogen-bond donors (Lipinski definition) is 0. The van der Waals surface area contributed by atoms with Crippen LogP contribution >= 0.6 is 0 Å². The van der Waals surface area contributed by atoms with Crippen LogP contribution in [0.2, 0.25) is 0 Å². The molecule has 1 aliphatic heterocycles. The fourth-order valence-corrected chi connectivity index (χ4v) is 2.76. The minimum absolute atomic E-state index is 0.0941. The number of nitrogens with zero attached hydrogens (tertiary/aromatic N) is 2. The number of benzene rings is 2. The first-order chi connectivity index (χ1) is 13.7. The van der Waals surface area contributed by atoms with Crippen molar-refractivity contribution in [2.45, 2.75) is 13.5 Å². The zero-order chi connectivity index (χ0) is 19.3. The minimum Gasteiger partial charge on any atom is -0.486 e. The smallest absolute Gasteiger partial charge is 0.331 e. The van der Waals surface area contributed by atoms with E-state index in [1.807, 2.05) is 49.4 Å². The predicted octanol–water partition coefficient (Wildman–Crippen LogP) is 3.57. The van der Waals surface area contributed by atoms with Gasteiger partial charge in [0.2, 0.25) is 5.82 Å². The third kappa shape index (κ3) is 4.03. The summed E-state index contributed by atoms with van der Waals surface area (Å²) in [4.78, 5) is 16.2. The number of esters is 1. The van der Waals surface area contributed by atoms with Gasteiger partial charge in [-0.05, 0) is 36.3 Å². The molecule has 7 heteroatoms. The predicted molar refractivity (Wildman–Crippen MR) is 101 cm³/mol. The zero-order valence-electron chi connectivity index (χ0n) is 15.3. The topological polar surface area (TPSA) is 83.7 Å². The molecule has 0 saturated heterocycles. The SMILES string of the molecule is Cc1ccccc1-c1noc(COC(=O)/C=C/c2ccc3c(c2)OCCO3)n1. The number of fused-ring (bicyclic) bond motifs is 1. The van der Waals surface area contributed by atoms with Crippen LogP contribution in [-0.4, -0.2) is 29.3 Å². The number of aryl methyl sites for hydroxylation is 1. The maximum absolute atomic E-state index is 12.0. The molecule has 3 aromatic rings. The van der Waals surface area contributed by atoms with Crippen LogP contribution in [0.1, 0.15) is 17.0 Å². The van der Waals surface area contributed by atoms with Gasteiger partial charge in [-0.3, -0.25) is 0 Å². The third-order valence-electron chi connectivity index (χ3n) is 4.17. The summed E-state index contributed by atoms with van der Waals surface area (Å²) in [6.45, 7) is 2.92. The van der Waals surface area contributed by atoms with Crippen LogP contribution in [0.25, 0.3) is 17.5 Å². The Morgan fingerprint density at radius 1 is 1.14 bits per heavy atom. The molecule has 7 nitrogen and oxygen atoms in total. The summed E-state index contributed by atoms with van der Waals surface area (Å²) < 4.78 is 21.3. The van der Waals surface area contributed by atoms with Crippen molar-refractivity contribution in [3.63, 3.8) is 0 Å². The van der Waals surface area contributed by atoms with Crippen LogP contribution in [0.15, 0.2) is 53.1 Å².